The third-order valence-corrected chi connectivity index (χ3v) is 2.40. The Balaban J connectivity index is 2.41. The third kappa shape index (κ3) is 4.07. The van der Waals surface area contributed by atoms with E-state index >= 15 is 0 Å². The first-order chi connectivity index (χ1) is 7.31. The molecule has 0 radical (unpaired) electrons. The van der Waals surface area contributed by atoms with Crippen molar-refractivity contribution >= 4 is 0 Å². The highest BCUT2D eigenvalue weighted by Gasteiger charge is 2.32. The summed E-state index contributed by atoms with van der Waals surface area (Å²) in [5.74, 6) is 0. The van der Waals surface area contributed by atoms with Gasteiger partial charge in [-0.15, -0.1) is 0 Å². The molecule has 15 heavy (non-hydrogen) atoms. The Labute approximate surface area is 91.8 Å². The molecule has 1 aliphatic heterocycles. The Bertz CT molecular complexity index is 163. The van der Waals surface area contributed by atoms with Crippen molar-refractivity contribution in [2.45, 2.75) is 45.7 Å². The standard InChI is InChI=1S/C11H22O4/c1-4-12-9-7-11(14-6-3)15-8-10(9)13-5-2/h9-11H,4-8H2,1-3H3/t9-,10+,11-/m0/s1. The first-order valence-electron chi connectivity index (χ1n) is 5.78. The summed E-state index contributed by atoms with van der Waals surface area (Å²) in [6, 6.07) is 0. The van der Waals surface area contributed by atoms with E-state index in [2.05, 4.69) is 0 Å². The summed E-state index contributed by atoms with van der Waals surface area (Å²) in [6.45, 7) is 8.56. The van der Waals surface area contributed by atoms with Gasteiger partial charge in [0, 0.05) is 26.2 Å². The molecular formula is C11H22O4. The molecule has 1 heterocycles. The van der Waals surface area contributed by atoms with Gasteiger partial charge in [0.25, 0.3) is 0 Å². The maximum Gasteiger partial charge on any atom is 0.160 e. The van der Waals surface area contributed by atoms with Crippen molar-refractivity contribution in [1.82, 2.24) is 0 Å². The first-order valence-corrected chi connectivity index (χ1v) is 5.78. The van der Waals surface area contributed by atoms with Crippen LogP contribution < -0.4 is 0 Å². The number of ether oxygens (including phenoxy) is 4. The molecule has 1 rings (SSSR count). The Kier molecular flexibility index (Phi) is 6.17. The van der Waals surface area contributed by atoms with Crippen molar-refractivity contribution in [2.24, 2.45) is 0 Å². The molecule has 0 N–H and O–H groups in total. The average Bonchev–Trinajstić information content (AvgIpc) is 2.23. The average molecular weight is 218 g/mol. The molecule has 0 aromatic rings. The minimum absolute atomic E-state index is 0.0478. The zero-order valence-corrected chi connectivity index (χ0v) is 9.90. The molecule has 90 valence electrons. The van der Waals surface area contributed by atoms with Crippen LogP contribution in [0.4, 0.5) is 0 Å². The van der Waals surface area contributed by atoms with E-state index in [1.807, 2.05) is 20.8 Å². The Hall–Kier alpha value is -0.160. The number of hydrogen-bond donors (Lipinski definition) is 0. The quantitative estimate of drug-likeness (QED) is 0.678. The molecule has 4 nitrogen and oxygen atoms in total. The molecule has 0 bridgehead atoms. The van der Waals surface area contributed by atoms with Gasteiger partial charge >= 0.3 is 0 Å². The van der Waals surface area contributed by atoms with E-state index in [1.54, 1.807) is 0 Å². The summed E-state index contributed by atoms with van der Waals surface area (Å²) in [7, 11) is 0. The molecule has 1 saturated heterocycles. The lowest BCUT2D eigenvalue weighted by atomic mass is 10.1. The summed E-state index contributed by atoms with van der Waals surface area (Å²) >= 11 is 0. The SMILES string of the molecule is CCO[C@@H]1C[C@H](OCC)[C@H](OCC)CO1. The van der Waals surface area contributed by atoms with Gasteiger partial charge in [0.05, 0.1) is 12.7 Å². The van der Waals surface area contributed by atoms with E-state index in [0.717, 1.165) is 6.42 Å². The summed E-state index contributed by atoms with van der Waals surface area (Å²) in [5.41, 5.74) is 0. The minimum Gasteiger partial charge on any atom is -0.376 e. The second kappa shape index (κ2) is 7.17. The summed E-state index contributed by atoms with van der Waals surface area (Å²) in [4.78, 5) is 0. The van der Waals surface area contributed by atoms with Crippen LogP contribution in [0.15, 0.2) is 0 Å². The van der Waals surface area contributed by atoms with Gasteiger partial charge in [0.15, 0.2) is 6.29 Å². The lowest BCUT2D eigenvalue weighted by molar-refractivity contribution is -0.231. The molecule has 1 fully saturated rings. The lowest BCUT2D eigenvalue weighted by Crippen LogP contribution is -2.45. The van der Waals surface area contributed by atoms with E-state index in [-0.39, 0.29) is 18.5 Å². The highest BCUT2D eigenvalue weighted by Crippen LogP contribution is 2.20. The zero-order chi connectivity index (χ0) is 11.1. The van der Waals surface area contributed by atoms with E-state index in [0.29, 0.717) is 26.4 Å². The fraction of sp³-hybridized carbons (Fsp3) is 1.00. The predicted molar refractivity (Wildman–Crippen MR) is 56.8 cm³/mol. The number of hydrogen-bond acceptors (Lipinski definition) is 4. The molecule has 0 aromatic heterocycles. The van der Waals surface area contributed by atoms with Gasteiger partial charge < -0.3 is 18.9 Å². The molecule has 0 saturated carbocycles. The Morgan fingerprint density at radius 1 is 0.933 bits per heavy atom. The molecule has 0 spiro atoms. The van der Waals surface area contributed by atoms with Gasteiger partial charge in [0.2, 0.25) is 0 Å². The lowest BCUT2D eigenvalue weighted by Gasteiger charge is -2.35. The van der Waals surface area contributed by atoms with E-state index < -0.39 is 0 Å². The summed E-state index contributed by atoms with van der Waals surface area (Å²) < 4.78 is 22.2. The van der Waals surface area contributed by atoms with Crippen LogP contribution >= 0.6 is 0 Å². The van der Waals surface area contributed by atoms with Crippen molar-refractivity contribution in [2.75, 3.05) is 26.4 Å². The first kappa shape index (κ1) is 12.9. The fourth-order valence-electron chi connectivity index (χ4n) is 1.78. The molecule has 0 aliphatic carbocycles. The smallest absolute Gasteiger partial charge is 0.160 e. The van der Waals surface area contributed by atoms with Crippen LogP contribution in [0.5, 0.6) is 0 Å². The van der Waals surface area contributed by atoms with Crippen molar-refractivity contribution in [3.63, 3.8) is 0 Å². The highest BCUT2D eigenvalue weighted by molar-refractivity contribution is 4.77. The second-order valence-corrected chi connectivity index (χ2v) is 3.44. The molecule has 0 amide bonds. The van der Waals surface area contributed by atoms with Crippen LogP contribution in [-0.4, -0.2) is 44.9 Å². The van der Waals surface area contributed by atoms with Gasteiger partial charge in [0.1, 0.15) is 6.10 Å². The molecule has 3 atom stereocenters. The minimum atomic E-state index is -0.136. The van der Waals surface area contributed by atoms with E-state index in [1.165, 1.54) is 0 Å². The van der Waals surface area contributed by atoms with Crippen LogP contribution in [0.1, 0.15) is 27.2 Å². The second-order valence-electron chi connectivity index (χ2n) is 3.44. The van der Waals surface area contributed by atoms with Crippen molar-refractivity contribution < 1.29 is 18.9 Å². The van der Waals surface area contributed by atoms with Crippen LogP contribution in [0.2, 0.25) is 0 Å². The monoisotopic (exact) mass is 218 g/mol. The third-order valence-electron chi connectivity index (χ3n) is 2.40. The molecule has 0 unspecified atom stereocenters. The topological polar surface area (TPSA) is 36.9 Å². The van der Waals surface area contributed by atoms with Crippen LogP contribution in [-0.2, 0) is 18.9 Å². The number of rotatable bonds is 6. The molecule has 4 heteroatoms. The van der Waals surface area contributed by atoms with Crippen molar-refractivity contribution in [3.05, 3.63) is 0 Å². The summed E-state index contributed by atoms with van der Waals surface area (Å²) in [6.07, 6.45) is 0.766. The van der Waals surface area contributed by atoms with E-state index in [9.17, 15) is 0 Å². The van der Waals surface area contributed by atoms with Crippen molar-refractivity contribution in [3.8, 4) is 0 Å². The molecule has 1 aliphatic rings. The van der Waals surface area contributed by atoms with Gasteiger partial charge in [-0.2, -0.15) is 0 Å². The maximum absolute atomic E-state index is 5.64. The molecular weight excluding hydrogens is 196 g/mol. The largest absolute Gasteiger partial charge is 0.376 e. The molecule has 0 aromatic carbocycles. The van der Waals surface area contributed by atoms with Crippen LogP contribution in [0.3, 0.4) is 0 Å². The van der Waals surface area contributed by atoms with Gasteiger partial charge in [-0.05, 0) is 20.8 Å². The van der Waals surface area contributed by atoms with E-state index in [4.69, 9.17) is 18.9 Å². The van der Waals surface area contributed by atoms with Gasteiger partial charge in [-0.3, -0.25) is 0 Å². The van der Waals surface area contributed by atoms with Crippen molar-refractivity contribution in [1.29, 1.82) is 0 Å². The van der Waals surface area contributed by atoms with Crippen LogP contribution in [0.25, 0.3) is 0 Å². The fourth-order valence-corrected chi connectivity index (χ4v) is 1.78. The summed E-state index contributed by atoms with van der Waals surface area (Å²) in [5, 5.41) is 0. The van der Waals surface area contributed by atoms with Crippen LogP contribution in [0, 0.1) is 0 Å². The zero-order valence-electron chi connectivity index (χ0n) is 9.90. The Morgan fingerprint density at radius 2 is 1.53 bits per heavy atom. The maximum atomic E-state index is 5.64. The van der Waals surface area contributed by atoms with Gasteiger partial charge in [-0.1, -0.05) is 0 Å². The predicted octanol–water partition coefficient (Wildman–Crippen LogP) is 1.58. The Morgan fingerprint density at radius 3 is 2.13 bits per heavy atom. The van der Waals surface area contributed by atoms with Gasteiger partial charge in [-0.25, -0.2) is 0 Å². The highest BCUT2D eigenvalue weighted by atomic mass is 16.7. The normalized spacial score (nSPS) is 31.8.